The SMILES string of the molecule is CCOc1ccccc1NC(=O)CCN(C(C)=O)c1cccc(C#N)c1. The molecule has 26 heavy (non-hydrogen) atoms. The van der Waals surface area contributed by atoms with Crippen LogP contribution in [0.3, 0.4) is 0 Å². The van der Waals surface area contributed by atoms with Crippen molar-refractivity contribution < 1.29 is 14.3 Å². The number of nitriles is 1. The summed E-state index contributed by atoms with van der Waals surface area (Å²) in [7, 11) is 0. The smallest absolute Gasteiger partial charge is 0.226 e. The molecule has 0 saturated heterocycles. The topological polar surface area (TPSA) is 82.4 Å². The lowest BCUT2D eigenvalue weighted by Gasteiger charge is -2.21. The summed E-state index contributed by atoms with van der Waals surface area (Å²) >= 11 is 0. The third-order valence-corrected chi connectivity index (χ3v) is 3.69. The Morgan fingerprint density at radius 3 is 2.65 bits per heavy atom. The van der Waals surface area contributed by atoms with Gasteiger partial charge in [0.2, 0.25) is 11.8 Å². The number of carbonyl (C=O) groups is 2. The van der Waals surface area contributed by atoms with Crippen molar-refractivity contribution >= 4 is 23.2 Å². The maximum atomic E-state index is 12.3. The highest BCUT2D eigenvalue weighted by atomic mass is 16.5. The maximum absolute atomic E-state index is 12.3. The maximum Gasteiger partial charge on any atom is 0.226 e. The minimum atomic E-state index is -0.222. The van der Waals surface area contributed by atoms with Crippen LogP contribution in [0.5, 0.6) is 5.75 Å². The molecule has 2 rings (SSSR count). The van der Waals surface area contributed by atoms with Crippen LogP contribution >= 0.6 is 0 Å². The van der Waals surface area contributed by atoms with E-state index in [1.807, 2.05) is 25.1 Å². The fourth-order valence-electron chi connectivity index (χ4n) is 2.49. The fraction of sp³-hybridized carbons (Fsp3) is 0.250. The number of carbonyl (C=O) groups excluding carboxylic acids is 2. The first-order valence-electron chi connectivity index (χ1n) is 8.35. The van der Waals surface area contributed by atoms with Crippen LogP contribution in [0, 0.1) is 11.3 Å². The molecule has 0 unspecified atom stereocenters. The fourth-order valence-corrected chi connectivity index (χ4v) is 2.49. The highest BCUT2D eigenvalue weighted by Crippen LogP contribution is 2.24. The summed E-state index contributed by atoms with van der Waals surface area (Å²) in [6.45, 7) is 4.02. The molecule has 2 amide bonds. The Kier molecular flexibility index (Phi) is 6.75. The van der Waals surface area contributed by atoms with E-state index in [1.54, 1.807) is 36.4 Å². The van der Waals surface area contributed by atoms with Crippen LogP contribution in [-0.4, -0.2) is 25.0 Å². The Labute approximate surface area is 153 Å². The molecule has 0 atom stereocenters. The molecule has 6 heteroatoms. The number of hydrogen-bond acceptors (Lipinski definition) is 4. The molecule has 134 valence electrons. The van der Waals surface area contributed by atoms with E-state index in [-0.39, 0.29) is 24.8 Å². The monoisotopic (exact) mass is 351 g/mol. The first-order chi connectivity index (χ1) is 12.5. The van der Waals surface area contributed by atoms with Crippen molar-refractivity contribution in [2.75, 3.05) is 23.4 Å². The Hall–Kier alpha value is -3.33. The van der Waals surface area contributed by atoms with Gasteiger partial charge in [0.1, 0.15) is 5.75 Å². The van der Waals surface area contributed by atoms with Crippen molar-refractivity contribution in [1.29, 1.82) is 5.26 Å². The van der Waals surface area contributed by atoms with Gasteiger partial charge >= 0.3 is 0 Å². The van der Waals surface area contributed by atoms with Crippen molar-refractivity contribution in [3.8, 4) is 11.8 Å². The summed E-state index contributed by atoms with van der Waals surface area (Å²) in [4.78, 5) is 25.7. The van der Waals surface area contributed by atoms with Crippen LogP contribution in [0.25, 0.3) is 0 Å². The molecule has 0 aliphatic rings. The van der Waals surface area contributed by atoms with E-state index >= 15 is 0 Å². The third-order valence-electron chi connectivity index (χ3n) is 3.69. The van der Waals surface area contributed by atoms with Crippen LogP contribution in [0.2, 0.25) is 0 Å². The molecule has 0 radical (unpaired) electrons. The summed E-state index contributed by atoms with van der Waals surface area (Å²) in [5.74, 6) is 0.191. The quantitative estimate of drug-likeness (QED) is 0.829. The standard InChI is InChI=1S/C20H21N3O3/c1-3-26-19-10-5-4-9-18(19)22-20(25)11-12-23(15(2)24)17-8-6-7-16(13-17)14-21/h4-10,13H,3,11-12H2,1-2H3,(H,22,25). The predicted octanol–water partition coefficient (Wildman–Crippen LogP) is 3.34. The summed E-state index contributed by atoms with van der Waals surface area (Å²) in [6.07, 6.45) is 0.122. The zero-order valence-electron chi connectivity index (χ0n) is 14.9. The van der Waals surface area contributed by atoms with E-state index < -0.39 is 0 Å². The molecular weight excluding hydrogens is 330 g/mol. The Bertz CT molecular complexity index is 827. The average Bonchev–Trinajstić information content (AvgIpc) is 2.63. The van der Waals surface area contributed by atoms with Crippen LogP contribution in [-0.2, 0) is 9.59 Å². The van der Waals surface area contributed by atoms with Crippen molar-refractivity contribution in [3.05, 3.63) is 54.1 Å². The molecule has 0 spiro atoms. The third kappa shape index (κ3) is 5.08. The van der Waals surface area contributed by atoms with Gasteiger partial charge in [-0.2, -0.15) is 5.26 Å². The van der Waals surface area contributed by atoms with Gasteiger partial charge < -0.3 is 15.0 Å². The van der Waals surface area contributed by atoms with E-state index in [4.69, 9.17) is 10.00 Å². The molecule has 0 saturated carbocycles. The number of rotatable bonds is 7. The molecule has 0 aliphatic heterocycles. The van der Waals surface area contributed by atoms with E-state index in [0.29, 0.717) is 29.3 Å². The summed E-state index contributed by atoms with van der Waals surface area (Å²) in [5, 5.41) is 11.8. The summed E-state index contributed by atoms with van der Waals surface area (Å²) in [5.41, 5.74) is 1.66. The minimum absolute atomic E-state index is 0.122. The highest BCUT2D eigenvalue weighted by molar-refractivity contribution is 5.95. The molecular formula is C20H21N3O3. The zero-order chi connectivity index (χ0) is 18.9. The summed E-state index contributed by atoms with van der Waals surface area (Å²) < 4.78 is 5.49. The van der Waals surface area contributed by atoms with E-state index in [2.05, 4.69) is 5.32 Å². The van der Waals surface area contributed by atoms with Gasteiger partial charge in [-0.25, -0.2) is 0 Å². The van der Waals surface area contributed by atoms with Gasteiger partial charge in [-0.1, -0.05) is 18.2 Å². The van der Waals surface area contributed by atoms with Crippen LogP contribution in [0.4, 0.5) is 11.4 Å². The molecule has 2 aromatic carbocycles. The molecule has 6 nitrogen and oxygen atoms in total. The lowest BCUT2D eigenvalue weighted by molar-refractivity contribution is -0.117. The predicted molar refractivity (Wildman–Crippen MR) is 100 cm³/mol. The second-order valence-corrected chi connectivity index (χ2v) is 5.56. The summed E-state index contributed by atoms with van der Waals surface area (Å²) in [6, 6.07) is 16.0. The zero-order valence-corrected chi connectivity index (χ0v) is 14.9. The number of hydrogen-bond donors (Lipinski definition) is 1. The van der Waals surface area contributed by atoms with Gasteiger partial charge in [0.15, 0.2) is 0 Å². The van der Waals surface area contributed by atoms with Crippen molar-refractivity contribution in [1.82, 2.24) is 0 Å². The van der Waals surface area contributed by atoms with Gasteiger partial charge in [-0.05, 0) is 37.3 Å². The second-order valence-electron chi connectivity index (χ2n) is 5.56. The van der Waals surface area contributed by atoms with Crippen LogP contribution in [0.15, 0.2) is 48.5 Å². The normalized spacial score (nSPS) is 9.88. The van der Waals surface area contributed by atoms with Gasteiger partial charge in [-0.15, -0.1) is 0 Å². The first-order valence-corrected chi connectivity index (χ1v) is 8.35. The van der Waals surface area contributed by atoms with Crippen molar-refractivity contribution in [2.24, 2.45) is 0 Å². The molecule has 0 heterocycles. The molecule has 0 aliphatic carbocycles. The van der Waals surface area contributed by atoms with Crippen molar-refractivity contribution in [2.45, 2.75) is 20.3 Å². The van der Waals surface area contributed by atoms with Gasteiger partial charge in [0.25, 0.3) is 0 Å². The molecule has 2 aromatic rings. The molecule has 1 N–H and O–H groups in total. The number of benzene rings is 2. The lowest BCUT2D eigenvalue weighted by atomic mass is 10.2. The Balaban J connectivity index is 2.04. The van der Waals surface area contributed by atoms with Gasteiger partial charge in [-0.3, -0.25) is 9.59 Å². The van der Waals surface area contributed by atoms with Gasteiger partial charge in [0, 0.05) is 25.6 Å². The number of para-hydroxylation sites is 2. The number of nitrogens with one attached hydrogen (secondary N) is 1. The highest BCUT2D eigenvalue weighted by Gasteiger charge is 2.15. The van der Waals surface area contributed by atoms with Crippen LogP contribution in [0.1, 0.15) is 25.8 Å². The van der Waals surface area contributed by atoms with E-state index in [1.165, 1.54) is 11.8 Å². The number of anilines is 2. The van der Waals surface area contributed by atoms with E-state index in [0.717, 1.165) is 0 Å². The largest absolute Gasteiger partial charge is 0.492 e. The van der Waals surface area contributed by atoms with Crippen LogP contribution < -0.4 is 15.0 Å². The molecule has 0 aromatic heterocycles. The van der Waals surface area contributed by atoms with Gasteiger partial charge in [0.05, 0.1) is 23.9 Å². The molecule has 0 bridgehead atoms. The first kappa shape index (κ1) is 19.0. The van der Waals surface area contributed by atoms with Crippen molar-refractivity contribution in [3.63, 3.8) is 0 Å². The minimum Gasteiger partial charge on any atom is -0.492 e. The number of ether oxygens (including phenoxy) is 1. The number of nitrogens with zero attached hydrogens (tertiary/aromatic N) is 2. The number of amides is 2. The Morgan fingerprint density at radius 2 is 1.96 bits per heavy atom. The Morgan fingerprint density at radius 1 is 1.19 bits per heavy atom. The van der Waals surface area contributed by atoms with E-state index in [9.17, 15) is 9.59 Å². The second kappa shape index (κ2) is 9.23. The lowest BCUT2D eigenvalue weighted by Crippen LogP contribution is -2.32. The molecule has 0 fully saturated rings. The average molecular weight is 351 g/mol.